The Bertz CT molecular complexity index is 63.5. The fourth-order valence-corrected chi connectivity index (χ4v) is 0.462. The molecule has 0 aromatic rings. The highest BCUT2D eigenvalue weighted by molar-refractivity contribution is 5.49. The first-order valence-corrected chi connectivity index (χ1v) is 2.92. The van der Waals surface area contributed by atoms with Gasteiger partial charge in [-0.05, 0) is 20.4 Å². The van der Waals surface area contributed by atoms with Gasteiger partial charge in [-0.3, -0.25) is 0 Å². The van der Waals surface area contributed by atoms with Crippen molar-refractivity contribution < 1.29 is 4.79 Å². The highest BCUT2D eigenvalue weighted by Gasteiger charge is 1.93. The molecular weight excluding hydrogens is 102 g/mol. The van der Waals surface area contributed by atoms with Gasteiger partial charge in [-0.2, -0.15) is 0 Å². The molecule has 1 unspecified atom stereocenters. The maximum Gasteiger partial charge on any atom is 0.120 e. The molecule has 0 aromatic heterocycles. The molecule has 0 aliphatic heterocycles. The standard InChI is InChI=1S/C6H13NO/c1-6(7-2)4-3-5-8/h5-7H,3-4H2,1-2H3. The van der Waals surface area contributed by atoms with E-state index in [4.69, 9.17) is 0 Å². The third-order valence-corrected chi connectivity index (χ3v) is 1.21. The second-order valence-electron chi connectivity index (χ2n) is 1.93. The average molecular weight is 115 g/mol. The van der Waals surface area contributed by atoms with Crippen LogP contribution in [-0.2, 0) is 4.79 Å². The summed E-state index contributed by atoms with van der Waals surface area (Å²) < 4.78 is 0. The van der Waals surface area contributed by atoms with E-state index in [0.29, 0.717) is 12.5 Å². The van der Waals surface area contributed by atoms with Crippen molar-refractivity contribution in [1.82, 2.24) is 5.32 Å². The summed E-state index contributed by atoms with van der Waals surface area (Å²) in [5.74, 6) is 0. The van der Waals surface area contributed by atoms with Crippen LogP contribution >= 0.6 is 0 Å². The largest absolute Gasteiger partial charge is 0.317 e. The number of aldehydes is 1. The number of carbonyl (C=O) groups excluding carboxylic acids is 1. The van der Waals surface area contributed by atoms with Crippen molar-refractivity contribution in [1.29, 1.82) is 0 Å². The van der Waals surface area contributed by atoms with Gasteiger partial charge in [0, 0.05) is 12.5 Å². The van der Waals surface area contributed by atoms with Gasteiger partial charge in [0.25, 0.3) is 0 Å². The summed E-state index contributed by atoms with van der Waals surface area (Å²) in [7, 11) is 1.90. The average Bonchev–Trinajstić information content (AvgIpc) is 1.83. The molecule has 0 spiro atoms. The van der Waals surface area contributed by atoms with Crippen LogP contribution in [0.3, 0.4) is 0 Å². The zero-order valence-corrected chi connectivity index (χ0v) is 5.48. The zero-order valence-electron chi connectivity index (χ0n) is 5.48. The van der Waals surface area contributed by atoms with Gasteiger partial charge in [-0.25, -0.2) is 0 Å². The number of rotatable bonds is 4. The smallest absolute Gasteiger partial charge is 0.120 e. The Kier molecular flexibility index (Phi) is 4.56. The SMILES string of the molecule is CNC(C)CCC=O. The number of nitrogens with one attached hydrogen (secondary N) is 1. The first-order valence-electron chi connectivity index (χ1n) is 2.92. The minimum atomic E-state index is 0.472. The molecule has 0 amide bonds. The van der Waals surface area contributed by atoms with E-state index in [1.807, 2.05) is 7.05 Å². The molecule has 0 saturated heterocycles. The molecular formula is C6H13NO. The molecule has 2 nitrogen and oxygen atoms in total. The van der Waals surface area contributed by atoms with E-state index in [1.54, 1.807) is 0 Å². The van der Waals surface area contributed by atoms with E-state index in [2.05, 4.69) is 12.2 Å². The third kappa shape index (κ3) is 3.81. The zero-order chi connectivity index (χ0) is 6.41. The van der Waals surface area contributed by atoms with Gasteiger partial charge >= 0.3 is 0 Å². The lowest BCUT2D eigenvalue weighted by Gasteiger charge is -2.04. The predicted molar refractivity (Wildman–Crippen MR) is 33.8 cm³/mol. The second kappa shape index (κ2) is 4.78. The van der Waals surface area contributed by atoms with E-state index in [-0.39, 0.29) is 0 Å². The van der Waals surface area contributed by atoms with Crippen LogP contribution in [0.4, 0.5) is 0 Å². The second-order valence-corrected chi connectivity index (χ2v) is 1.93. The highest BCUT2D eigenvalue weighted by atomic mass is 16.1. The van der Waals surface area contributed by atoms with Crippen LogP contribution < -0.4 is 5.32 Å². The van der Waals surface area contributed by atoms with Crippen LogP contribution in [0.25, 0.3) is 0 Å². The maximum atomic E-state index is 9.80. The fourth-order valence-electron chi connectivity index (χ4n) is 0.462. The first kappa shape index (κ1) is 7.63. The summed E-state index contributed by atoms with van der Waals surface area (Å²) >= 11 is 0. The molecule has 0 saturated carbocycles. The first-order chi connectivity index (χ1) is 3.81. The van der Waals surface area contributed by atoms with E-state index in [0.717, 1.165) is 12.7 Å². The molecule has 0 bridgehead atoms. The molecule has 0 aliphatic carbocycles. The topological polar surface area (TPSA) is 29.1 Å². The van der Waals surface area contributed by atoms with Gasteiger partial charge in [-0.1, -0.05) is 0 Å². The summed E-state index contributed by atoms with van der Waals surface area (Å²) in [5.41, 5.74) is 0. The van der Waals surface area contributed by atoms with Crippen molar-refractivity contribution in [2.45, 2.75) is 25.8 Å². The quantitative estimate of drug-likeness (QED) is 0.543. The van der Waals surface area contributed by atoms with Crippen molar-refractivity contribution >= 4 is 6.29 Å². The maximum absolute atomic E-state index is 9.80. The van der Waals surface area contributed by atoms with Gasteiger partial charge in [-0.15, -0.1) is 0 Å². The Balaban J connectivity index is 2.97. The molecule has 0 fully saturated rings. The third-order valence-electron chi connectivity index (χ3n) is 1.21. The molecule has 0 rings (SSSR count). The van der Waals surface area contributed by atoms with Gasteiger partial charge in [0.05, 0.1) is 0 Å². The Morgan fingerprint density at radius 1 is 1.75 bits per heavy atom. The van der Waals surface area contributed by atoms with Gasteiger partial charge in [0.1, 0.15) is 6.29 Å². The van der Waals surface area contributed by atoms with Crippen LogP contribution in [-0.4, -0.2) is 19.4 Å². The fraction of sp³-hybridized carbons (Fsp3) is 0.833. The van der Waals surface area contributed by atoms with Crippen LogP contribution in [0.2, 0.25) is 0 Å². The molecule has 48 valence electrons. The normalized spacial score (nSPS) is 13.2. The minimum Gasteiger partial charge on any atom is -0.317 e. The van der Waals surface area contributed by atoms with E-state index in [9.17, 15) is 4.79 Å². The molecule has 8 heavy (non-hydrogen) atoms. The summed E-state index contributed by atoms with van der Waals surface area (Å²) in [6.07, 6.45) is 2.57. The van der Waals surface area contributed by atoms with E-state index >= 15 is 0 Å². The molecule has 0 radical (unpaired) electrons. The Morgan fingerprint density at radius 2 is 2.38 bits per heavy atom. The lowest BCUT2D eigenvalue weighted by atomic mass is 10.2. The number of hydrogen-bond acceptors (Lipinski definition) is 2. The van der Waals surface area contributed by atoms with Crippen LogP contribution in [0, 0.1) is 0 Å². The summed E-state index contributed by atoms with van der Waals surface area (Å²) in [6.45, 7) is 2.06. The lowest BCUT2D eigenvalue weighted by Crippen LogP contribution is -2.20. The van der Waals surface area contributed by atoms with Gasteiger partial charge in [0.15, 0.2) is 0 Å². The Hall–Kier alpha value is -0.370. The van der Waals surface area contributed by atoms with Crippen LogP contribution in [0.15, 0.2) is 0 Å². The predicted octanol–water partition coefficient (Wildman–Crippen LogP) is 0.573. The monoisotopic (exact) mass is 115 g/mol. The summed E-state index contributed by atoms with van der Waals surface area (Å²) in [6, 6.07) is 0.472. The Morgan fingerprint density at radius 3 is 2.75 bits per heavy atom. The molecule has 0 aliphatic rings. The summed E-state index contributed by atoms with van der Waals surface area (Å²) in [5, 5.41) is 3.04. The molecule has 2 heteroatoms. The van der Waals surface area contributed by atoms with E-state index in [1.165, 1.54) is 0 Å². The van der Waals surface area contributed by atoms with Crippen molar-refractivity contribution in [2.24, 2.45) is 0 Å². The van der Waals surface area contributed by atoms with E-state index < -0.39 is 0 Å². The van der Waals surface area contributed by atoms with Crippen molar-refractivity contribution in [3.8, 4) is 0 Å². The van der Waals surface area contributed by atoms with Crippen LogP contribution in [0.5, 0.6) is 0 Å². The number of carbonyl (C=O) groups is 1. The van der Waals surface area contributed by atoms with Gasteiger partial charge < -0.3 is 10.1 Å². The minimum absolute atomic E-state index is 0.472. The van der Waals surface area contributed by atoms with Crippen molar-refractivity contribution in [2.75, 3.05) is 7.05 Å². The molecule has 0 aromatic carbocycles. The lowest BCUT2D eigenvalue weighted by molar-refractivity contribution is -0.108. The molecule has 1 atom stereocenters. The Labute approximate surface area is 50.3 Å². The highest BCUT2D eigenvalue weighted by Crippen LogP contribution is 1.90. The summed E-state index contributed by atoms with van der Waals surface area (Å²) in [4.78, 5) is 9.80. The van der Waals surface area contributed by atoms with Gasteiger partial charge in [0.2, 0.25) is 0 Å². The number of hydrogen-bond donors (Lipinski definition) is 1. The molecule has 0 heterocycles. The van der Waals surface area contributed by atoms with Crippen molar-refractivity contribution in [3.05, 3.63) is 0 Å². The van der Waals surface area contributed by atoms with Crippen LogP contribution in [0.1, 0.15) is 19.8 Å². The molecule has 1 N–H and O–H groups in total. The van der Waals surface area contributed by atoms with Crippen molar-refractivity contribution in [3.63, 3.8) is 0 Å².